The average Bonchev–Trinajstić information content (AvgIpc) is 2.02. The van der Waals surface area contributed by atoms with Crippen molar-refractivity contribution in [2.45, 2.75) is 12.7 Å². The Labute approximate surface area is 76.3 Å². The predicted molar refractivity (Wildman–Crippen MR) is 39.3 cm³/mol. The molecule has 0 saturated carbocycles. The van der Waals surface area contributed by atoms with Crippen molar-refractivity contribution in [3.8, 4) is 0 Å². The van der Waals surface area contributed by atoms with Gasteiger partial charge in [-0.05, 0) is 6.07 Å². The first-order valence-electron chi connectivity index (χ1n) is 3.61. The van der Waals surface area contributed by atoms with Crippen LogP contribution in [0.2, 0.25) is 0 Å². The fraction of sp³-hybridized carbons (Fsp3) is 0.250. The average molecular weight is 211 g/mol. The minimum Gasteiger partial charge on any atom is -0.326 e. The van der Waals surface area contributed by atoms with Crippen molar-refractivity contribution in [1.29, 1.82) is 0 Å². The zero-order valence-corrected chi connectivity index (χ0v) is 6.83. The van der Waals surface area contributed by atoms with Gasteiger partial charge in [0.05, 0.1) is 5.56 Å². The molecule has 6 heteroatoms. The van der Waals surface area contributed by atoms with Gasteiger partial charge in [-0.3, -0.25) is 0 Å². The topological polar surface area (TPSA) is 26.0 Å². The summed E-state index contributed by atoms with van der Waals surface area (Å²) in [6, 6.07) is 0.565. The van der Waals surface area contributed by atoms with Gasteiger partial charge >= 0.3 is 6.18 Å². The lowest BCUT2D eigenvalue weighted by Crippen LogP contribution is -2.11. The van der Waals surface area contributed by atoms with Crippen LogP contribution in [0.3, 0.4) is 0 Å². The van der Waals surface area contributed by atoms with Crippen LogP contribution in [0, 0.1) is 11.6 Å². The van der Waals surface area contributed by atoms with Crippen LogP contribution in [0.1, 0.15) is 11.1 Å². The summed E-state index contributed by atoms with van der Waals surface area (Å²) in [5.41, 5.74) is 3.12. The van der Waals surface area contributed by atoms with E-state index in [0.29, 0.717) is 6.07 Å². The van der Waals surface area contributed by atoms with Gasteiger partial charge in [-0.2, -0.15) is 13.2 Å². The lowest BCUT2D eigenvalue weighted by atomic mass is 10.1. The number of nitrogens with two attached hydrogens (primary N) is 1. The van der Waals surface area contributed by atoms with Crippen molar-refractivity contribution in [3.63, 3.8) is 0 Å². The zero-order chi connectivity index (χ0) is 10.9. The molecule has 0 aliphatic rings. The second-order valence-electron chi connectivity index (χ2n) is 2.63. The number of halogens is 5. The Hall–Kier alpha value is -1.17. The van der Waals surface area contributed by atoms with E-state index in [1.807, 2.05) is 0 Å². The molecule has 1 nitrogen and oxygen atoms in total. The van der Waals surface area contributed by atoms with E-state index in [0.717, 1.165) is 0 Å². The lowest BCUT2D eigenvalue weighted by Gasteiger charge is -2.09. The molecule has 0 spiro atoms. The molecule has 0 aliphatic carbocycles. The minimum absolute atomic E-state index is 0.186. The molecule has 0 fully saturated rings. The molecule has 78 valence electrons. The predicted octanol–water partition coefficient (Wildman–Crippen LogP) is 2.44. The van der Waals surface area contributed by atoms with Crippen LogP contribution >= 0.6 is 0 Å². The Morgan fingerprint density at radius 1 is 1.07 bits per heavy atom. The quantitative estimate of drug-likeness (QED) is 0.709. The van der Waals surface area contributed by atoms with E-state index in [1.54, 1.807) is 0 Å². The summed E-state index contributed by atoms with van der Waals surface area (Å²) in [6.45, 7) is -0.408. The number of benzene rings is 1. The Kier molecular flexibility index (Phi) is 2.75. The SMILES string of the molecule is NCc1cc(C(F)(F)F)c(F)cc1F. The molecule has 0 atom stereocenters. The Balaban J connectivity index is 3.32. The van der Waals surface area contributed by atoms with Crippen molar-refractivity contribution in [2.75, 3.05) is 0 Å². The van der Waals surface area contributed by atoms with Crippen molar-refractivity contribution in [2.24, 2.45) is 5.73 Å². The Morgan fingerprint density at radius 3 is 2.07 bits per heavy atom. The second-order valence-corrected chi connectivity index (χ2v) is 2.63. The molecule has 0 aliphatic heterocycles. The summed E-state index contributed by atoms with van der Waals surface area (Å²) in [5.74, 6) is -2.70. The second kappa shape index (κ2) is 3.53. The normalized spacial score (nSPS) is 11.9. The first-order valence-corrected chi connectivity index (χ1v) is 3.61. The first kappa shape index (κ1) is 10.9. The fourth-order valence-corrected chi connectivity index (χ4v) is 0.967. The maximum absolute atomic E-state index is 12.7. The maximum atomic E-state index is 12.7. The largest absolute Gasteiger partial charge is 0.419 e. The molecule has 14 heavy (non-hydrogen) atoms. The summed E-state index contributed by atoms with van der Waals surface area (Å²) in [7, 11) is 0. The van der Waals surface area contributed by atoms with Crippen LogP contribution in [-0.4, -0.2) is 0 Å². The van der Waals surface area contributed by atoms with Crippen molar-refractivity contribution < 1.29 is 22.0 Å². The lowest BCUT2D eigenvalue weighted by molar-refractivity contribution is -0.140. The molecule has 1 rings (SSSR count). The summed E-state index contributed by atoms with van der Waals surface area (Å²) in [5, 5.41) is 0. The van der Waals surface area contributed by atoms with E-state index in [9.17, 15) is 22.0 Å². The molecular weight excluding hydrogens is 205 g/mol. The molecule has 0 radical (unpaired) electrons. The first-order chi connectivity index (χ1) is 6.36. The van der Waals surface area contributed by atoms with Gasteiger partial charge in [-0.1, -0.05) is 0 Å². The van der Waals surface area contributed by atoms with E-state index < -0.39 is 29.9 Å². The summed E-state index contributed by atoms with van der Waals surface area (Å²) in [4.78, 5) is 0. The van der Waals surface area contributed by atoms with E-state index in [1.165, 1.54) is 0 Å². The highest BCUT2D eigenvalue weighted by atomic mass is 19.4. The number of rotatable bonds is 1. The van der Waals surface area contributed by atoms with Gasteiger partial charge in [0.15, 0.2) is 0 Å². The number of hydrogen-bond donors (Lipinski definition) is 1. The Bertz CT molecular complexity index is 344. The van der Waals surface area contributed by atoms with Crippen LogP contribution in [0.5, 0.6) is 0 Å². The van der Waals surface area contributed by atoms with Crippen LogP contribution in [0.25, 0.3) is 0 Å². The van der Waals surface area contributed by atoms with Crippen LogP contribution in [0.15, 0.2) is 12.1 Å². The van der Waals surface area contributed by atoms with E-state index >= 15 is 0 Å². The van der Waals surface area contributed by atoms with Gasteiger partial charge in [0.2, 0.25) is 0 Å². The van der Waals surface area contributed by atoms with Gasteiger partial charge in [0.1, 0.15) is 11.6 Å². The summed E-state index contributed by atoms with van der Waals surface area (Å²) < 4.78 is 61.7. The maximum Gasteiger partial charge on any atom is 0.419 e. The monoisotopic (exact) mass is 211 g/mol. The molecule has 0 aromatic heterocycles. The summed E-state index contributed by atoms with van der Waals surface area (Å²) >= 11 is 0. The van der Waals surface area contributed by atoms with Crippen LogP contribution in [-0.2, 0) is 12.7 Å². The van der Waals surface area contributed by atoms with E-state index in [4.69, 9.17) is 5.73 Å². The molecule has 0 unspecified atom stereocenters. The third-order valence-corrected chi connectivity index (χ3v) is 1.66. The molecule has 0 heterocycles. The standard InChI is InChI=1S/C8H6F5N/c9-6-2-7(10)5(8(11,12)13)1-4(6)3-14/h1-2H,3,14H2. The van der Waals surface area contributed by atoms with Crippen molar-refractivity contribution >= 4 is 0 Å². The van der Waals surface area contributed by atoms with Crippen LogP contribution < -0.4 is 5.73 Å². The van der Waals surface area contributed by atoms with Crippen molar-refractivity contribution in [1.82, 2.24) is 0 Å². The van der Waals surface area contributed by atoms with E-state index in [2.05, 4.69) is 0 Å². The highest BCUT2D eigenvalue weighted by Gasteiger charge is 2.34. The summed E-state index contributed by atoms with van der Waals surface area (Å²) in [6.07, 6.45) is -4.83. The van der Waals surface area contributed by atoms with Crippen LogP contribution in [0.4, 0.5) is 22.0 Å². The molecule has 2 N–H and O–H groups in total. The number of hydrogen-bond acceptors (Lipinski definition) is 1. The molecule has 0 saturated heterocycles. The third kappa shape index (κ3) is 2.01. The molecular formula is C8H6F5N. The molecule has 0 amide bonds. The highest BCUT2D eigenvalue weighted by Crippen LogP contribution is 2.32. The van der Waals surface area contributed by atoms with Gasteiger partial charge in [-0.25, -0.2) is 8.78 Å². The highest BCUT2D eigenvalue weighted by molar-refractivity contribution is 5.28. The Morgan fingerprint density at radius 2 is 1.64 bits per heavy atom. The van der Waals surface area contributed by atoms with Gasteiger partial charge < -0.3 is 5.73 Å². The van der Waals surface area contributed by atoms with Gasteiger partial charge in [-0.15, -0.1) is 0 Å². The van der Waals surface area contributed by atoms with Crippen molar-refractivity contribution in [3.05, 3.63) is 34.9 Å². The smallest absolute Gasteiger partial charge is 0.326 e. The van der Waals surface area contributed by atoms with E-state index in [-0.39, 0.29) is 11.6 Å². The number of alkyl halides is 3. The zero-order valence-electron chi connectivity index (χ0n) is 6.83. The van der Waals surface area contributed by atoms with Gasteiger partial charge in [0.25, 0.3) is 0 Å². The fourth-order valence-electron chi connectivity index (χ4n) is 0.967. The molecule has 1 aromatic rings. The molecule has 1 aromatic carbocycles. The molecule has 0 bridgehead atoms. The third-order valence-electron chi connectivity index (χ3n) is 1.66. The van der Waals surface area contributed by atoms with Gasteiger partial charge in [0, 0.05) is 18.2 Å². The minimum atomic E-state index is -4.83.